The fourth-order valence-corrected chi connectivity index (χ4v) is 3.13. The monoisotopic (exact) mass is 313 g/mol. The van der Waals surface area contributed by atoms with Gasteiger partial charge in [0.15, 0.2) is 5.76 Å². The first-order valence-electron chi connectivity index (χ1n) is 6.68. The summed E-state index contributed by atoms with van der Waals surface area (Å²) in [5.74, 6) is 2.05. The van der Waals surface area contributed by atoms with Crippen LogP contribution in [-0.2, 0) is 6.42 Å². The molecule has 0 radical (unpaired) electrons. The van der Waals surface area contributed by atoms with Gasteiger partial charge < -0.3 is 9.32 Å². The Morgan fingerprint density at radius 3 is 3.06 bits per heavy atom. The van der Waals surface area contributed by atoms with E-state index in [1.54, 1.807) is 6.07 Å². The summed E-state index contributed by atoms with van der Waals surface area (Å²) >= 11 is 3.48. The SMILES string of the molecule is CCc1ccc(C(=O)N2CCCC(CCBr)C2)o1. The Morgan fingerprint density at radius 1 is 1.56 bits per heavy atom. The first kappa shape index (κ1) is 13.7. The van der Waals surface area contributed by atoms with Gasteiger partial charge >= 0.3 is 0 Å². The van der Waals surface area contributed by atoms with Crippen LogP contribution in [0.25, 0.3) is 0 Å². The molecule has 1 fully saturated rings. The molecule has 0 bridgehead atoms. The van der Waals surface area contributed by atoms with Crippen LogP contribution in [0.1, 0.15) is 42.5 Å². The second kappa shape index (κ2) is 6.41. The predicted octanol–water partition coefficient (Wildman–Crippen LogP) is 3.48. The highest BCUT2D eigenvalue weighted by Crippen LogP contribution is 2.22. The molecule has 100 valence electrons. The van der Waals surface area contributed by atoms with E-state index in [-0.39, 0.29) is 5.91 Å². The van der Waals surface area contributed by atoms with Crippen LogP contribution in [-0.4, -0.2) is 29.2 Å². The molecule has 4 heteroatoms. The molecule has 1 atom stereocenters. The average molecular weight is 314 g/mol. The number of alkyl halides is 1. The minimum absolute atomic E-state index is 0.0500. The molecule has 1 aromatic heterocycles. The first-order valence-corrected chi connectivity index (χ1v) is 7.80. The van der Waals surface area contributed by atoms with Crippen molar-refractivity contribution < 1.29 is 9.21 Å². The van der Waals surface area contributed by atoms with Crippen molar-refractivity contribution in [2.24, 2.45) is 5.92 Å². The lowest BCUT2D eigenvalue weighted by Gasteiger charge is -2.32. The zero-order valence-electron chi connectivity index (χ0n) is 10.8. The molecule has 1 amide bonds. The van der Waals surface area contributed by atoms with Crippen LogP contribution in [0.15, 0.2) is 16.5 Å². The summed E-state index contributed by atoms with van der Waals surface area (Å²) in [6.07, 6.45) is 4.31. The third-order valence-corrected chi connectivity index (χ3v) is 4.00. The number of hydrogen-bond donors (Lipinski definition) is 0. The number of nitrogens with zero attached hydrogens (tertiary/aromatic N) is 1. The number of hydrogen-bond acceptors (Lipinski definition) is 2. The second-order valence-corrected chi connectivity index (χ2v) is 5.65. The standard InChI is InChI=1S/C14H20BrNO2/c1-2-12-5-6-13(18-12)14(17)16-9-3-4-11(10-16)7-8-15/h5-6,11H,2-4,7-10H2,1H3. The van der Waals surface area contributed by atoms with Crippen molar-refractivity contribution in [3.05, 3.63) is 23.7 Å². The van der Waals surface area contributed by atoms with Crippen LogP contribution in [0.5, 0.6) is 0 Å². The number of carbonyl (C=O) groups is 1. The lowest BCUT2D eigenvalue weighted by Crippen LogP contribution is -2.39. The van der Waals surface area contributed by atoms with Gasteiger partial charge in [-0.3, -0.25) is 4.79 Å². The zero-order valence-corrected chi connectivity index (χ0v) is 12.4. The van der Waals surface area contributed by atoms with Gasteiger partial charge in [0.25, 0.3) is 5.91 Å². The molecule has 1 saturated heterocycles. The molecule has 1 unspecified atom stereocenters. The Balaban J connectivity index is 1.99. The summed E-state index contributed by atoms with van der Waals surface area (Å²) in [6, 6.07) is 3.70. The van der Waals surface area contributed by atoms with E-state index in [9.17, 15) is 4.79 Å². The number of aryl methyl sites for hydroxylation is 1. The predicted molar refractivity (Wildman–Crippen MR) is 75.1 cm³/mol. The van der Waals surface area contributed by atoms with Gasteiger partial charge in [-0.1, -0.05) is 22.9 Å². The second-order valence-electron chi connectivity index (χ2n) is 4.86. The van der Waals surface area contributed by atoms with Gasteiger partial charge in [-0.15, -0.1) is 0 Å². The first-order chi connectivity index (χ1) is 8.74. The minimum Gasteiger partial charge on any atom is -0.456 e. The molecule has 18 heavy (non-hydrogen) atoms. The van der Waals surface area contributed by atoms with E-state index in [0.29, 0.717) is 11.7 Å². The molecule has 0 spiro atoms. The van der Waals surface area contributed by atoms with Crippen LogP contribution in [0.4, 0.5) is 0 Å². The van der Waals surface area contributed by atoms with Gasteiger partial charge in [0, 0.05) is 24.8 Å². The lowest BCUT2D eigenvalue weighted by atomic mass is 9.95. The molecule has 1 aliphatic rings. The maximum atomic E-state index is 12.3. The van der Waals surface area contributed by atoms with E-state index < -0.39 is 0 Å². The number of piperidine rings is 1. The molecule has 0 aliphatic carbocycles. The smallest absolute Gasteiger partial charge is 0.289 e. The van der Waals surface area contributed by atoms with Gasteiger partial charge in [-0.05, 0) is 37.3 Å². The molecular formula is C14H20BrNO2. The van der Waals surface area contributed by atoms with Gasteiger partial charge in [0.05, 0.1) is 0 Å². The van der Waals surface area contributed by atoms with E-state index in [4.69, 9.17) is 4.42 Å². The summed E-state index contributed by atoms with van der Waals surface area (Å²) < 4.78 is 5.54. The Bertz CT molecular complexity index is 400. The molecule has 3 nitrogen and oxygen atoms in total. The Labute approximate surface area is 117 Å². The summed E-state index contributed by atoms with van der Waals surface area (Å²) in [7, 11) is 0. The highest BCUT2D eigenvalue weighted by atomic mass is 79.9. The molecule has 2 heterocycles. The highest BCUT2D eigenvalue weighted by Gasteiger charge is 2.25. The van der Waals surface area contributed by atoms with E-state index in [0.717, 1.165) is 43.4 Å². The summed E-state index contributed by atoms with van der Waals surface area (Å²) in [4.78, 5) is 14.2. The van der Waals surface area contributed by atoms with Gasteiger partial charge in [-0.2, -0.15) is 0 Å². The van der Waals surface area contributed by atoms with Gasteiger partial charge in [-0.25, -0.2) is 0 Å². The van der Waals surface area contributed by atoms with Crippen LogP contribution >= 0.6 is 15.9 Å². The van der Waals surface area contributed by atoms with Gasteiger partial charge in [0.2, 0.25) is 0 Å². The quantitative estimate of drug-likeness (QED) is 0.797. The van der Waals surface area contributed by atoms with Crippen molar-refractivity contribution in [2.75, 3.05) is 18.4 Å². The van der Waals surface area contributed by atoms with Crippen molar-refractivity contribution in [3.8, 4) is 0 Å². The molecule has 2 rings (SSSR count). The fraction of sp³-hybridized carbons (Fsp3) is 0.643. The van der Waals surface area contributed by atoms with Crippen molar-refractivity contribution in [2.45, 2.75) is 32.6 Å². The number of likely N-dealkylation sites (tertiary alicyclic amines) is 1. The Hall–Kier alpha value is -0.770. The highest BCUT2D eigenvalue weighted by molar-refractivity contribution is 9.09. The summed E-state index contributed by atoms with van der Waals surface area (Å²) in [5, 5.41) is 1.01. The number of carbonyl (C=O) groups excluding carboxylic acids is 1. The minimum atomic E-state index is 0.0500. The average Bonchev–Trinajstić information content (AvgIpc) is 2.87. The Kier molecular flexibility index (Phi) is 4.87. The molecule has 1 aliphatic heterocycles. The maximum absolute atomic E-state index is 12.3. The molecule has 1 aromatic rings. The third-order valence-electron chi connectivity index (χ3n) is 3.54. The third kappa shape index (κ3) is 3.16. The van der Waals surface area contributed by atoms with Crippen LogP contribution in [0.3, 0.4) is 0 Å². The maximum Gasteiger partial charge on any atom is 0.289 e. The largest absolute Gasteiger partial charge is 0.456 e. The molecule has 0 saturated carbocycles. The molecule has 0 N–H and O–H groups in total. The van der Waals surface area contributed by atoms with Crippen molar-refractivity contribution in [1.82, 2.24) is 4.90 Å². The van der Waals surface area contributed by atoms with Crippen LogP contribution < -0.4 is 0 Å². The van der Waals surface area contributed by atoms with E-state index >= 15 is 0 Å². The number of furan rings is 1. The van der Waals surface area contributed by atoms with E-state index in [2.05, 4.69) is 15.9 Å². The normalized spacial score (nSPS) is 20.1. The van der Waals surface area contributed by atoms with Crippen molar-refractivity contribution in [1.29, 1.82) is 0 Å². The molecular weight excluding hydrogens is 294 g/mol. The number of rotatable bonds is 4. The number of amides is 1. The van der Waals surface area contributed by atoms with Gasteiger partial charge in [0.1, 0.15) is 5.76 Å². The van der Waals surface area contributed by atoms with E-state index in [1.165, 1.54) is 6.42 Å². The number of halogens is 1. The Morgan fingerprint density at radius 2 is 2.39 bits per heavy atom. The zero-order chi connectivity index (χ0) is 13.0. The lowest BCUT2D eigenvalue weighted by molar-refractivity contribution is 0.0638. The summed E-state index contributed by atoms with van der Waals surface area (Å²) in [5.41, 5.74) is 0. The molecule has 0 aromatic carbocycles. The topological polar surface area (TPSA) is 33.5 Å². The van der Waals surface area contributed by atoms with E-state index in [1.807, 2.05) is 17.9 Å². The summed E-state index contributed by atoms with van der Waals surface area (Å²) in [6.45, 7) is 3.76. The van der Waals surface area contributed by atoms with Crippen LogP contribution in [0, 0.1) is 5.92 Å². The fourth-order valence-electron chi connectivity index (χ4n) is 2.48. The van der Waals surface area contributed by atoms with Crippen molar-refractivity contribution >= 4 is 21.8 Å². The van der Waals surface area contributed by atoms with Crippen LogP contribution in [0.2, 0.25) is 0 Å². The van der Waals surface area contributed by atoms with Crippen molar-refractivity contribution in [3.63, 3.8) is 0 Å².